The number of hydrogen-bond acceptors (Lipinski definition) is 2. The van der Waals surface area contributed by atoms with Crippen molar-refractivity contribution >= 4 is 0 Å². The third kappa shape index (κ3) is 6.05. The average molecular weight is 187 g/mol. The monoisotopic (exact) mass is 187 g/mol. The van der Waals surface area contributed by atoms with E-state index in [2.05, 4.69) is 19.2 Å². The highest BCUT2D eigenvalue weighted by Crippen LogP contribution is 2.26. The number of ether oxygens (including phenoxy) is 1. The minimum Gasteiger partial charge on any atom is -0.385 e. The Morgan fingerprint density at radius 3 is 2.46 bits per heavy atom. The molecule has 0 aliphatic heterocycles. The summed E-state index contributed by atoms with van der Waals surface area (Å²) in [4.78, 5) is 0. The zero-order chi connectivity index (χ0) is 10.2. The first-order chi connectivity index (χ1) is 6.18. The molecule has 0 aliphatic carbocycles. The van der Waals surface area contributed by atoms with Crippen molar-refractivity contribution in [1.82, 2.24) is 5.32 Å². The minimum absolute atomic E-state index is 0.475. The molecule has 0 saturated heterocycles. The van der Waals surface area contributed by atoms with Crippen LogP contribution in [0.3, 0.4) is 0 Å². The molecular weight excluding hydrogens is 162 g/mol. The molecule has 1 atom stereocenters. The van der Waals surface area contributed by atoms with Gasteiger partial charge in [-0.05, 0) is 31.7 Å². The van der Waals surface area contributed by atoms with Crippen molar-refractivity contribution in [3.63, 3.8) is 0 Å². The maximum Gasteiger partial charge on any atom is 0.0462 e. The maximum atomic E-state index is 5.03. The van der Waals surface area contributed by atoms with E-state index in [1.165, 1.54) is 25.7 Å². The Labute approximate surface area is 83.1 Å². The van der Waals surface area contributed by atoms with E-state index in [0.717, 1.165) is 13.2 Å². The van der Waals surface area contributed by atoms with Crippen LogP contribution in [0.5, 0.6) is 0 Å². The van der Waals surface area contributed by atoms with E-state index in [-0.39, 0.29) is 0 Å². The van der Waals surface area contributed by atoms with Crippen LogP contribution in [0.1, 0.15) is 39.5 Å². The van der Waals surface area contributed by atoms with Crippen LogP contribution in [0.15, 0.2) is 0 Å². The van der Waals surface area contributed by atoms with Gasteiger partial charge in [-0.25, -0.2) is 0 Å². The van der Waals surface area contributed by atoms with Crippen LogP contribution in [0.25, 0.3) is 0 Å². The zero-order valence-corrected chi connectivity index (χ0v) is 9.65. The smallest absolute Gasteiger partial charge is 0.0462 e. The molecule has 2 nitrogen and oxygen atoms in total. The normalized spacial score (nSPS) is 15.7. The fourth-order valence-corrected chi connectivity index (χ4v) is 1.62. The van der Waals surface area contributed by atoms with Gasteiger partial charge in [-0.2, -0.15) is 0 Å². The molecule has 0 spiro atoms. The second kappa shape index (κ2) is 7.34. The van der Waals surface area contributed by atoms with E-state index in [0.29, 0.717) is 5.41 Å². The van der Waals surface area contributed by atoms with Gasteiger partial charge in [0.05, 0.1) is 0 Å². The van der Waals surface area contributed by atoms with E-state index in [1.807, 2.05) is 7.05 Å². The van der Waals surface area contributed by atoms with E-state index >= 15 is 0 Å². The topological polar surface area (TPSA) is 21.3 Å². The standard InChI is InChI=1S/C11H25NO/c1-5-11(2,10-12-3)8-6-7-9-13-4/h12H,5-10H2,1-4H3. The molecule has 2 heteroatoms. The van der Waals surface area contributed by atoms with Crippen LogP contribution < -0.4 is 5.32 Å². The SMILES string of the molecule is CCC(C)(CCCCOC)CNC. The van der Waals surface area contributed by atoms with Crippen LogP contribution in [-0.4, -0.2) is 27.3 Å². The van der Waals surface area contributed by atoms with Crippen molar-refractivity contribution < 1.29 is 4.74 Å². The van der Waals surface area contributed by atoms with Gasteiger partial charge in [0.1, 0.15) is 0 Å². The van der Waals surface area contributed by atoms with Crippen molar-refractivity contribution in [1.29, 1.82) is 0 Å². The summed E-state index contributed by atoms with van der Waals surface area (Å²) in [6.07, 6.45) is 5.02. The highest BCUT2D eigenvalue weighted by molar-refractivity contribution is 4.74. The molecule has 1 unspecified atom stereocenters. The molecule has 0 heterocycles. The third-order valence-electron chi connectivity index (χ3n) is 2.84. The van der Waals surface area contributed by atoms with Gasteiger partial charge in [0, 0.05) is 20.3 Å². The molecule has 0 amide bonds. The summed E-state index contributed by atoms with van der Waals surface area (Å²) in [6.45, 7) is 6.65. The van der Waals surface area contributed by atoms with Gasteiger partial charge in [-0.3, -0.25) is 0 Å². The summed E-state index contributed by atoms with van der Waals surface area (Å²) in [5.41, 5.74) is 0.475. The highest BCUT2D eigenvalue weighted by atomic mass is 16.5. The molecule has 0 bridgehead atoms. The van der Waals surface area contributed by atoms with E-state index in [9.17, 15) is 0 Å². The second-order valence-corrected chi connectivity index (χ2v) is 4.14. The third-order valence-corrected chi connectivity index (χ3v) is 2.84. The summed E-state index contributed by atoms with van der Waals surface area (Å²) in [7, 11) is 3.80. The van der Waals surface area contributed by atoms with Gasteiger partial charge >= 0.3 is 0 Å². The zero-order valence-electron chi connectivity index (χ0n) is 9.65. The van der Waals surface area contributed by atoms with Crippen LogP contribution in [0, 0.1) is 5.41 Å². The Bertz CT molecular complexity index is 117. The number of nitrogens with one attached hydrogen (secondary N) is 1. The molecule has 0 aromatic rings. The summed E-state index contributed by atoms with van der Waals surface area (Å²) < 4.78 is 5.03. The van der Waals surface area contributed by atoms with Gasteiger partial charge in [0.2, 0.25) is 0 Å². The summed E-state index contributed by atoms with van der Waals surface area (Å²) in [5, 5.41) is 3.27. The summed E-state index contributed by atoms with van der Waals surface area (Å²) in [6, 6.07) is 0. The number of hydrogen-bond donors (Lipinski definition) is 1. The van der Waals surface area contributed by atoms with E-state index in [1.54, 1.807) is 7.11 Å². The molecule has 0 fully saturated rings. The largest absolute Gasteiger partial charge is 0.385 e. The van der Waals surface area contributed by atoms with Crippen LogP contribution >= 0.6 is 0 Å². The van der Waals surface area contributed by atoms with Gasteiger partial charge in [-0.1, -0.05) is 20.3 Å². The Kier molecular flexibility index (Phi) is 7.29. The predicted molar refractivity (Wildman–Crippen MR) is 58.1 cm³/mol. The average Bonchev–Trinajstić information content (AvgIpc) is 2.13. The lowest BCUT2D eigenvalue weighted by Gasteiger charge is -2.27. The van der Waals surface area contributed by atoms with Crippen molar-refractivity contribution in [3.05, 3.63) is 0 Å². The lowest BCUT2D eigenvalue weighted by atomic mass is 9.82. The van der Waals surface area contributed by atoms with E-state index < -0.39 is 0 Å². The van der Waals surface area contributed by atoms with Crippen molar-refractivity contribution in [2.24, 2.45) is 5.41 Å². The van der Waals surface area contributed by atoms with Gasteiger partial charge in [-0.15, -0.1) is 0 Å². The Morgan fingerprint density at radius 2 is 2.00 bits per heavy atom. The quantitative estimate of drug-likeness (QED) is 0.589. The summed E-state index contributed by atoms with van der Waals surface area (Å²) >= 11 is 0. The Hall–Kier alpha value is -0.0800. The lowest BCUT2D eigenvalue weighted by Crippen LogP contribution is -2.29. The lowest BCUT2D eigenvalue weighted by molar-refractivity contribution is 0.182. The van der Waals surface area contributed by atoms with Crippen molar-refractivity contribution in [3.8, 4) is 0 Å². The van der Waals surface area contributed by atoms with E-state index in [4.69, 9.17) is 4.74 Å². The molecule has 80 valence electrons. The molecule has 0 radical (unpaired) electrons. The van der Waals surface area contributed by atoms with Crippen LogP contribution in [0.4, 0.5) is 0 Å². The molecule has 0 rings (SSSR count). The van der Waals surface area contributed by atoms with Crippen molar-refractivity contribution in [2.75, 3.05) is 27.3 Å². The number of unbranched alkanes of at least 4 members (excludes halogenated alkanes) is 1. The Balaban J connectivity index is 3.57. The van der Waals surface area contributed by atoms with Crippen molar-refractivity contribution in [2.45, 2.75) is 39.5 Å². The van der Waals surface area contributed by atoms with Gasteiger partial charge in [0.25, 0.3) is 0 Å². The summed E-state index contributed by atoms with van der Waals surface area (Å²) in [5.74, 6) is 0. The molecule has 13 heavy (non-hydrogen) atoms. The molecule has 0 aromatic heterocycles. The number of rotatable bonds is 8. The van der Waals surface area contributed by atoms with Crippen LogP contribution in [0.2, 0.25) is 0 Å². The fraction of sp³-hybridized carbons (Fsp3) is 1.00. The molecule has 0 saturated carbocycles. The first-order valence-electron chi connectivity index (χ1n) is 5.32. The molecule has 0 aliphatic rings. The highest BCUT2D eigenvalue weighted by Gasteiger charge is 2.19. The number of methoxy groups -OCH3 is 1. The molecule has 0 aromatic carbocycles. The van der Waals surface area contributed by atoms with Crippen LogP contribution in [-0.2, 0) is 4.74 Å². The van der Waals surface area contributed by atoms with Gasteiger partial charge in [0.15, 0.2) is 0 Å². The Morgan fingerprint density at radius 1 is 1.31 bits per heavy atom. The molecular formula is C11H25NO. The minimum atomic E-state index is 0.475. The fourth-order valence-electron chi connectivity index (χ4n) is 1.62. The first-order valence-corrected chi connectivity index (χ1v) is 5.32. The predicted octanol–water partition coefficient (Wildman–Crippen LogP) is 2.44. The maximum absolute atomic E-state index is 5.03. The molecule has 1 N–H and O–H groups in total. The second-order valence-electron chi connectivity index (χ2n) is 4.14. The first kappa shape index (κ1) is 12.9. The van der Waals surface area contributed by atoms with Gasteiger partial charge < -0.3 is 10.1 Å².